The van der Waals surface area contributed by atoms with Crippen LogP contribution in [0.15, 0.2) is 12.1 Å². The van der Waals surface area contributed by atoms with E-state index in [1.54, 1.807) is 0 Å². The van der Waals surface area contributed by atoms with Crippen molar-refractivity contribution in [2.24, 2.45) is 5.92 Å². The van der Waals surface area contributed by atoms with Gasteiger partial charge in [0.05, 0.1) is 12.3 Å². The first-order chi connectivity index (χ1) is 8.58. The predicted molar refractivity (Wildman–Crippen MR) is 66.5 cm³/mol. The summed E-state index contributed by atoms with van der Waals surface area (Å²) in [5.41, 5.74) is 5.73. The third kappa shape index (κ3) is 2.90. The first kappa shape index (κ1) is 13.1. The minimum absolute atomic E-state index is 0.141. The summed E-state index contributed by atoms with van der Waals surface area (Å²) in [5, 5.41) is 0. The van der Waals surface area contributed by atoms with Gasteiger partial charge in [0, 0.05) is 0 Å². The van der Waals surface area contributed by atoms with Crippen LogP contribution in [0.1, 0.15) is 12.8 Å². The monoisotopic (exact) mass is 256 g/mol. The van der Waals surface area contributed by atoms with Gasteiger partial charge in [-0.15, -0.1) is 0 Å². The molecule has 0 aromatic heterocycles. The average Bonchev–Trinajstić information content (AvgIpc) is 2.36. The maximum Gasteiger partial charge on any atom is 0.202 e. The van der Waals surface area contributed by atoms with Crippen LogP contribution in [0.5, 0.6) is 5.75 Å². The molecule has 2 rings (SSSR count). The Morgan fingerprint density at radius 3 is 2.67 bits per heavy atom. The second kappa shape index (κ2) is 5.52. The Hall–Kier alpha value is -1.36. The Morgan fingerprint density at radius 1 is 1.33 bits per heavy atom. The first-order valence-electron chi connectivity index (χ1n) is 6.12. The molecule has 0 saturated carbocycles. The lowest BCUT2D eigenvalue weighted by Gasteiger charge is -2.28. The molecular weight excluding hydrogens is 238 g/mol. The van der Waals surface area contributed by atoms with Crippen LogP contribution in [0.2, 0.25) is 0 Å². The van der Waals surface area contributed by atoms with Crippen molar-refractivity contribution in [3.05, 3.63) is 23.8 Å². The summed E-state index contributed by atoms with van der Waals surface area (Å²) in [7, 11) is 2.07. The van der Waals surface area contributed by atoms with Crippen LogP contribution in [0, 0.1) is 17.6 Å². The van der Waals surface area contributed by atoms with Gasteiger partial charge in [0.15, 0.2) is 11.6 Å². The fourth-order valence-corrected chi connectivity index (χ4v) is 2.12. The molecule has 1 aliphatic heterocycles. The highest BCUT2D eigenvalue weighted by molar-refractivity contribution is 5.53. The van der Waals surface area contributed by atoms with Crippen LogP contribution < -0.4 is 10.5 Å². The molecule has 5 heteroatoms. The normalized spacial score (nSPS) is 17.9. The molecule has 0 unspecified atom stereocenters. The molecule has 18 heavy (non-hydrogen) atoms. The molecule has 0 aliphatic carbocycles. The third-order valence-electron chi connectivity index (χ3n) is 3.38. The number of nitrogen functional groups attached to an aromatic ring is 1. The van der Waals surface area contributed by atoms with Crippen LogP contribution in [-0.4, -0.2) is 31.6 Å². The van der Waals surface area contributed by atoms with E-state index in [-0.39, 0.29) is 11.4 Å². The number of halogens is 2. The molecule has 0 spiro atoms. The number of hydrogen-bond acceptors (Lipinski definition) is 3. The molecule has 1 aliphatic rings. The topological polar surface area (TPSA) is 38.5 Å². The maximum atomic E-state index is 13.5. The van der Waals surface area contributed by atoms with Crippen LogP contribution in [0.25, 0.3) is 0 Å². The number of anilines is 1. The number of ether oxygens (including phenoxy) is 1. The number of nitrogens with zero attached hydrogens (tertiary/aromatic N) is 1. The van der Waals surface area contributed by atoms with E-state index in [0.717, 1.165) is 32.0 Å². The largest absolute Gasteiger partial charge is 0.488 e. The zero-order chi connectivity index (χ0) is 13.1. The van der Waals surface area contributed by atoms with Crippen molar-refractivity contribution in [1.82, 2.24) is 4.90 Å². The summed E-state index contributed by atoms with van der Waals surface area (Å²) in [5.74, 6) is -1.71. The van der Waals surface area contributed by atoms with Gasteiger partial charge in [-0.2, -0.15) is 4.39 Å². The van der Waals surface area contributed by atoms with E-state index < -0.39 is 11.6 Å². The van der Waals surface area contributed by atoms with Crippen LogP contribution >= 0.6 is 0 Å². The minimum Gasteiger partial charge on any atom is -0.488 e. The molecule has 0 radical (unpaired) electrons. The van der Waals surface area contributed by atoms with E-state index in [4.69, 9.17) is 10.5 Å². The molecule has 0 bridgehead atoms. The van der Waals surface area contributed by atoms with Gasteiger partial charge in [0.2, 0.25) is 5.82 Å². The summed E-state index contributed by atoms with van der Waals surface area (Å²) in [6, 6.07) is 2.33. The molecular formula is C13H18F2N2O. The van der Waals surface area contributed by atoms with Crippen molar-refractivity contribution in [3.63, 3.8) is 0 Å². The minimum atomic E-state index is -0.997. The van der Waals surface area contributed by atoms with Gasteiger partial charge in [-0.25, -0.2) is 4.39 Å². The first-order valence-corrected chi connectivity index (χ1v) is 6.12. The predicted octanol–water partition coefficient (Wildman–Crippen LogP) is 2.27. The molecule has 1 aromatic rings. The lowest BCUT2D eigenvalue weighted by Crippen LogP contribution is -2.32. The molecule has 0 atom stereocenters. The van der Waals surface area contributed by atoms with E-state index in [0.29, 0.717) is 12.5 Å². The molecule has 0 amide bonds. The van der Waals surface area contributed by atoms with Crippen molar-refractivity contribution < 1.29 is 13.5 Å². The van der Waals surface area contributed by atoms with Gasteiger partial charge < -0.3 is 15.4 Å². The van der Waals surface area contributed by atoms with Crippen molar-refractivity contribution in [2.75, 3.05) is 32.5 Å². The Labute approximate surface area is 106 Å². The average molecular weight is 256 g/mol. The number of nitrogens with two attached hydrogens (primary N) is 1. The number of piperidine rings is 1. The highest BCUT2D eigenvalue weighted by Crippen LogP contribution is 2.28. The second-order valence-electron chi connectivity index (χ2n) is 4.84. The molecule has 1 saturated heterocycles. The van der Waals surface area contributed by atoms with Crippen molar-refractivity contribution in [3.8, 4) is 5.75 Å². The van der Waals surface area contributed by atoms with Gasteiger partial charge in [-0.3, -0.25) is 0 Å². The van der Waals surface area contributed by atoms with Crippen LogP contribution in [0.4, 0.5) is 14.5 Å². The lowest BCUT2D eigenvalue weighted by atomic mass is 9.98. The Balaban J connectivity index is 1.96. The summed E-state index contributed by atoms with van der Waals surface area (Å²) in [6.45, 7) is 2.41. The summed E-state index contributed by atoms with van der Waals surface area (Å²) in [4.78, 5) is 2.24. The third-order valence-corrected chi connectivity index (χ3v) is 3.38. The van der Waals surface area contributed by atoms with E-state index in [9.17, 15) is 8.78 Å². The number of rotatable bonds is 3. The fourth-order valence-electron chi connectivity index (χ4n) is 2.12. The van der Waals surface area contributed by atoms with E-state index in [1.807, 2.05) is 0 Å². The van der Waals surface area contributed by atoms with Crippen molar-refractivity contribution >= 4 is 5.69 Å². The maximum absolute atomic E-state index is 13.5. The zero-order valence-electron chi connectivity index (χ0n) is 10.5. The number of hydrogen-bond donors (Lipinski definition) is 1. The zero-order valence-corrected chi connectivity index (χ0v) is 10.5. The SMILES string of the molecule is CN1CCC(COc2c(N)ccc(F)c2F)CC1. The van der Waals surface area contributed by atoms with Gasteiger partial charge in [0.25, 0.3) is 0 Å². The lowest BCUT2D eigenvalue weighted by molar-refractivity contribution is 0.157. The number of likely N-dealkylation sites (tertiary alicyclic amines) is 1. The van der Waals surface area contributed by atoms with Gasteiger partial charge in [-0.05, 0) is 51.0 Å². The van der Waals surface area contributed by atoms with E-state index in [1.165, 1.54) is 6.07 Å². The molecule has 1 aromatic carbocycles. The molecule has 1 heterocycles. The van der Waals surface area contributed by atoms with E-state index >= 15 is 0 Å². The highest BCUT2D eigenvalue weighted by Gasteiger charge is 2.19. The molecule has 1 fully saturated rings. The molecule has 3 nitrogen and oxygen atoms in total. The smallest absolute Gasteiger partial charge is 0.202 e. The van der Waals surface area contributed by atoms with Gasteiger partial charge >= 0.3 is 0 Å². The van der Waals surface area contributed by atoms with Gasteiger partial charge in [0.1, 0.15) is 0 Å². The van der Waals surface area contributed by atoms with Crippen LogP contribution in [-0.2, 0) is 0 Å². The fraction of sp³-hybridized carbons (Fsp3) is 0.538. The summed E-state index contributed by atoms with van der Waals surface area (Å²) >= 11 is 0. The molecule has 2 N–H and O–H groups in total. The van der Waals surface area contributed by atoms with Crippen molar-refractivity contribution in [1.29, 1.82) is 0 Å². The summed E-state index contributed by atoms with van der Waals surface area (Å²) < 4.78 is 31.9. The van der Waals surface area contributed by atoms with Crippen molar-refractivity contribution in [2.45, 2.75) is 12.8 Å². The molecule has 100 valence electrons. The van der Waals surface area contributed by atoms with Gasteiger partial charge in [-0.1, -0.05) is 0 Å². The second-order valence-corrected chi connectivity index (χ2v) is 4.84. The highest BCUT2D eigenvalue weighted by atomic mass is 19.2. The Morgan fingerprint density at radius 2 is 2.00 bits per heavy atom. The summed E-state index contributed by atoms with van der Waals surface area (Å²) in [6.07, 6.45) is 2.01. The Kier molecular flexibility index (Phi) is 4.01. The van der Waals surface area contributed by atoms with Crippen LogP contribution in [0.3, 0.4) is 0 Å². The number of benzene rings is 1. The standard InChI is InChI=1S/C13H18F2N2O/c1-17-6-4-9(5-7-17)8-18-13-11(16)3-2-10(14)12(13)15/h2-3,9H,4-8,16H2,1H3. The Bertz CT molecular complexity index is 418. The van der Waals surface area contributed by atoms with E-state index in [2.05, 4.69) is 11.9 Å². The quantitative estimate of drug-likeness (QED) is 0.843.